The molecule has 98 valence electrons. The van der Waals surface area contributed by atoms with Gasteiger partial charge in [-0.2, -0.15) is 4.98 Å². The number of aromatic nitrogens is 1. The Morgan fingerprint density at radius 2 is 1.74 bits per heavy atom. The lowest BCUT2D eigenvalue weighted by Crippen LogP contribution is -2.18. The fourth-order valence-electron chi connectivity index (χ4n) is 2.34. The van der Waals surface area contributed by atoms with E-state index >= 15 is 0 Å². The first kappa shape index (κ1) is 12.0. The fourth-order valence-corrected chi connectivity index (χ4v) is 2.34. The number of anilines is 1. The van der Waals surface area contributed by atoms with Gasteiger partial charge in [-0.25, -0.2) is 0 Å². The molecule has 1 saturated heterocycles. The Labute approximate surface area is 113 Å². The van der Waals surface area contributed by atoms with Crippen LogP contribution in [0.25, 0.3) is 0 Å². The number of pyridine rings is 1. The zero-order valence-electron chi connectivity index (χ0n) is 11.0. The van der Waals surface area contributed by atoms with Gasteiger partial charge in [-0.05, 0) is 24.5 Å². The van der Waals surface area contributed by atoms with Crippen LogP contribution in [0.3, 0.4) is 0 Å². The summed E-state index contributed by atoms with van der Waals surface area (Å²) in [5, 5.41) is 0. The van der Waals surface area contributed by atoms with Gasteiger partial charge in [0.2, 0.25) is 5.88 Å². The Morgan fingerprint density at radius 1 is 0.947 bits per heavy atom. The van der Waals surface area contributed by atoms with E-state index in [0.717, 1.165) is 24.5 Å². The molecule has 0 radical (unpaired) electrons. The molecule has 0 aliphatic carbocycles. The number of ether oxygens (including phenoxy) is 1. The van der Waals surface area contributed by atoms with Crippen LogP contribution < -0.4 is 9.64 Å². The molecule has 1 aromatic carbocycles. The van der Waals surface area contributed by atoms with Gasteiger partial charge in [0.1, 0.15) is 12.4 Å². The van der Waals surface area contributed by atoms with Crippen molar-refractivity contribution in [2.45, 2.75) is 19.4 Å². The molecule has 0 amide bonds. The smallest absolute Gasteiger partial charge is 0.215 e. The summed E-state index contributed by atoms with van der Waals surface area (Å²) in [6.45, 7) is 2.78. The van der Waals surface area contributed by atoms with Gasteiger partial charge in [0.05, 0.1) is 0 Å². The van der Waals surface area contributed by atoms with Crippen molar-refractivity contribution in [1.29, 1.82) is 0 Å². The first-order valence-electron chi connectivity index (χ1n) is 6.80. The van der Waals surface area contributed by atoms with Crippen molar-refractivity contribution in [3.63, 3.8) is 0 Å². The Kier molecular flexibility index (Phi) is 3.63. The zero-order valence-corrected chi connectivity index (χ0v) is 11.0. The van der Waals surface area contributed by atoms with Crippen molar-refractivity contribution in [2.24, 2.45) is 0 Å². The second kappa shape index (κ2) is 5.74. The third kappa shape index (κ3) is 3.05. The van der Waals surface area contributed by atoms with Gasteiger partial charge in [0.25, 0.3) is 0 Å². The summed E-state index contributed by atoms with van der Waals surface area (Å²) in [6, 6.07) is 16.2. The van der Waals surface area contributed by atoms with E-state index in [1.54, 1.807) is 0 Å². The highest BCUT2D eigenvalue weighted by atomic mass is 16.5. The lowest BCUT2D eigenvalue weighted by atomic mass is 10.2. The standard InChI is InChI=1S/C16H18N2O/c1-2-7-14(8-3-1)13-19-16-10-6-9-15(17-16)18-11-4-5-12-18/h1-3,6-10H,4-5,11-13H2. The molecule has 0 saturated carbocycles. The molecule has 1 aromatic heterocycles. The third-order valence-corrected chi connectivity index (χ3v) is 3.37. The number of hydrogen-bond acceptors (Lipinski definition) is 3. The van der Waals surface area contributed by atoms with Crippen LogP contribution in [0, 0.1) is 0 Å². The molecule has 1 aliphatic rings. The van der Waals surface area contributed by atoms with Crippen LogP contribution in [0.2, 0.25) is 0 Å². The van der Waals surface area contributed by atoms with Crippen LogP contribution in [0.4, 0.5) is 5.82 Å². The maximum atomic E-state index is 5.75. The first-order valence-corrected chi connectivity index (χ1v) is 6.80. The van der Waals surface area contributed by atoms with Crippen molar-refractivity contribution in [3.8, 4) is 5.88 Å². The topological polar surface area (TPSA) is 25.4 Å². The molecule has 0 unspecified atom stereocenters. The molecule has 19 heavy (non-hydrogen) atoms. The average molecular weight is 254 g/mol. The van der Waals surface area contributed by atoms with Crippen molar-refractivity contribution in [2.75, 3.05) is 18.0 Å². The van der Waals surface area contributed by atoms with E-state index in [4.69, 9.17) is 4.74 Å². The number of nitrogens with zero attached hydrogens (tertiary/aromatic N) is 2. The summed E-state index contributed by atoms with van der Waals surface area (Å²) in [4.78, 5) is 6.89. The Hall–Kier alpha value is -2.03. The Balaban J connectivity index is 1.66. The van der Waals surface area contributed by atoms with Crippen LogP contribution in [-0.4, -0.2) is 18.1 Å². The van der Waals surface area contributed by atoms with Gasteiger partial charge in [0.15, 0.2) is 0 Å². The molecule has 0 N–H and O–H groups in total. The van der Waals surface area contributed by atoms with Crippen LogP contribution in [0.1, 0.15) is 18.4 Å². The highest BCUT2D eigenvalue weighted by molar-refractivity contribution is 5.41. The SMILES string of the molecule is c1ccc(COc2cccc(N3CCCC3)n2)cc1. The molecule has 3 nitrogen and oxygen atoms in total. The molecule has 1 aliphatic heterocycles. The highest BCUT2D eigenvalue weighted by Gasteiger charge is 2.13. The maximum Gasteiger partial charge on any atom is 0.215 e. The predicted octanol–water partition coefficient (Wildman–Crippen LogP) is 3.26. The van der Waals surface area contributed by atoms with Gasteiger partial charge >= 0.3 is 0 Å². The Bertz CT molecular complexity index is 521. The summed E-state index contributed by atoms with van der Waals surface area (Å²) in [5.41, 5.74) is 1.16. The molecule has 0 spiro atoms. The molecule has 0 atom stereocenters. The van der Waals surface area contributed by atoms with Crippen LogP contribution in [0.5, 0.6) is 5.88 Å². The van der Waals surface area contributed by atoms with E-state index in [1.165, 1.54) is 12.8 Å². The molecular weight excluding hydrogens is 236 g/mol. The van der Waals surface area contributed by atoms with Crippen molar-refractivity contribution >= 4 is 5.82 Å². The maximum absolute atomic E-state index is 5.75. The third-order valence-electron chi connectivity index (χ3n) is 3.37. The normalized spacial score (nSPS) is 14.6. The van der Waals surface area contributed by atoms with E-state index in [-0.39, 0.29) is 0 Å². The minimum Gasteiger partial charge on any atom is -0.473 e. The first-order chi connectivity index (χ1) is 9.42. The minimum absolute atomic E-state index is 0.567. The second-order valence-corrected chi connectivity index (χ2v) is 4.80. The number of rotatable bonds is 4. The lowest BCUT2D eigenvalue weighted by molar-refractivity contribution is 0.294. The van der Waals surface area contributed by atoms with Gasteiger partial charge in [-0.3, -0.25) is 0 Å². The summed E-state index contributed by atoms with van der Waals surface area (Å²) < 4.78 is 5.75. The molecule has 1 fully saturated rings. The molecule has 2 heterocycles. The van der Waals surface area contributed by atoms with Gasteiger partial charge < -0.3 is 9.64 Å². The van der Waals surface area contributed by atoms with E-state index in [1.807, 2.05) is 30.3 Å². The monoisotopic (exact) mass is 254 g/mol. The summed E-state index contributed by atoms with van der Waals surface area (Å²) in [7, 11) is 0. The number of hydrogen-bond donors (Lipinski definition) is 0. The van der Waals surface area contributed by atoms with Crippen LogP contribution in [-0.2, 0) is 6.61 Å². The summed E-state index contributed by atoms with van der Waals surface area (Å²) >= 11 is 0. The second-order valence-electron chi connectivity index (χ2n) is 4.80. The van der Waals surface area contributed by atoms with E-state index in [9.17, 15) is 0 Å². The van der Waals surface area contributed by atoms with E-state index in [0.29, 0.717) is 12.5 Å². The largest absolute Gasteiger partial charge is 0.473 e. The van der Waals surface area contributed by atoms with Gasteiger partial charge in [-0.1, -0.05) is 36.4 Å². The van der Waals surface area contributed by atoms with Crippen molar-refractivity contribution in [3.05, 3.63) is 54.1 Å². The molecule has 0 bridgehead atoms. The number of benzene rings is 1. The predicted molar refractivity (Wildman–Crippen MR) is 76.5 cm³/mol. The quantitative estimate of drug-likeness (QED) is 0.837. The fraction of sp³-hybridized carbons (Fsp3) is 0.312. The highest BCUT2D eigenvalue weighted by Crippen LogP contribution is 2.20. The van der Waals surface area contributed by atoms with E-state index < -0.39 is 0 Å². The molecule has 3 heteroatoms. The summed E-state index contributed by atoms with van der Waals surface area (Å²) in [6.07, 6.45) is 2.52. The Morgan fingerprint density at radius 3 is 2.53 bits per heavy atom. The van der Waals surface area contributed by atoms with Crippen LogP contribution in [0.15, 0.2) is 48.5 Å². The lowest BCUT2D eigenvalue weighted by Gasteiger charge is -2.16. The van der Waals surface area contributed by atoms with Gasteiger partial charge in [0, 0.05) is 19.2 Å². The minimum atomic E-state index is 0.567. The molecular formula is C16H18N2O. The van der Waals surface area contributed by atoms with Gasteiger partial charge in [-0.15, -0.1) is 0 Å². The van der Waals surface area contributed by atoms with Crippen LogP contribution >= 0.6 is 0 Å². The van der Waals surface area contributed by atoms with E-state index in [2.05, 4.69) is 28.1 Å². The van der Waals surface area contributed by atoms with Crippen molar-refractivity contribution in [1.82, 2.24) is 4.98 Å². The average Bonchev–Trinajstić information content (AvgIpc) is 3.01. The summed E-state index contributed by atoms with van der Waals surface area (Å²) in [5.74, 6) is 1.73. The zero-order chi connectivity index (χ0) is 12.9. The van der Waals surface area contributed by atoms with Crippen molar-refractivity contribution < 1.29 is 4.74 Å². The molecule has 3 rings (SSSR count). The molecule has 2 aromatic rings.